The second-order valence-corrected chi connectivity index (χ2v) is 2.97. The number of hydrogen-bond acceptors (Lipinski definition) is 1. The average Bonchev–Trinajstić information content (AvgIpc) is 2.20. The van der Waals surface area contributed by atoms with Crippen LogP contribution in [0.4, 0.5) is 4.39 Å². The van der Waals surface area contributed by atoms with E-state index in [0.29, 0.717) is 24.2 Å². The standard InChI is InChI=1S/C11H8ClFO/c12-6-2-1-3-9-4-5-11(13)7-10(9)8-14/h4-5,7-8H,2,6H2. The molecular weight excluding hydrogens is 203 g/mol. The molecule has 0 heterocycles. The summed E-state index contributed by atoms with van der Waals surface area (Å²) < 4.78 is 12.7. The molecule has 0 aromatic heterocycles. The lowest BCUT2D eigenvalue weighted by molar-refractivity contribution is 0.112. The Bertz CT molecular complexity index is 390. The first-order chi connectivity index (χ1) is 6.77. The molecule has 0 radical (unpaired) electrons. The molecule has 1 aromatic rings. The molecule has 1 aromatic carbocycles. The summed E-state index contributed by atoms with van der Waals surface area (Å²) in [4.78, 5) is 10.6. The highest BCUT2D eigenvalue weighted by Gasteiger charge is 1.99. The molecular formula is C11H8ClFO. The minimum Gasteiger partial charge on any atom is -0.298 e. The van der Waals surface area contributed by atoms with Crippen LogP contribution in [0.15, 0.2) is 18.2 Å². The summed E-state index contributed by atoms with van der Waals surface area (Å²) in [5.74, 6) is 5.56. The van der Waals surface area contributed by atoms with Crippen molar-refractivity contribution in [1.82, 2.24) is 0 Å². The van der Waals surface area contributed by atoms with Crippen LogP contribution >= 0.6 is 11.6 Å². The highest BCUT2D eigenvalue weighted by atomic mass is 35.5. The Morgan fingerprint density at radius 2 is 2.29 bits per heavy atom. The van der Waals surface area contributed by atoms with Crippen LogP contribution in [0.3, 0.4) is 0 Å². The molecule has 0 aliphatic heterocycles. The largest absolute Gasteiger partial charge is 0.298 e. The molecule has 0 unspecified atom stereocenters. The Hall–Kier alpha value is -1.33. The van der Waals surface area contributed by atoms with Gasteiger partial charge >= 0.3 is 0 Å². The third kappa shape index (κ3) is 2.86. The second-order valence-electron chi connectivity index (χ2n) is 2.59. The summed E-state index contributed by atoms with van der Waals surface area (Å²) in [5.41, 5.74) is 0.804. The monoisotopic (exact) mass is 210 g/mol. The van der Waals surface area contributed by atoms with Crippen LogP contribution in [0, 0.1) is 17.7 Å². The van der Waals surface area contributed by atoms with E-state index in [2.05, 4.69) is 11.8 Å². The van der Waals surface area contributed by atoms with Gasteiger partial charge in [0.05, 0.1) is 0 Å². The highest BCUT2D eigenvalue weighted by molar-refractivity contribution is 6.18. The summed E-state index contributed by atoms with van der Waals surface area (Å²) >= 11 is 5.43. The number of alkyl halides is 1. The van der Waals surface area contributed by atoms with Crippen LogP contribution < -0.4 is 0 Å². The topological polar surface area (TPSA) is 17.1 Å². The Morgan fingerprint density at radius 3 is 2.93 bits per heavy atom. The third-order valence-corrected chi connectivity index (χ3v) is 1.77. The zero-order chi connectivity index (χ0) is 10.4. The van der Waals surface area contributed by atoms with Gasteiger partial charge in [0.15, 0.2) is 6.29 Å². The summed E-state index contributed by atoms with van der Waals surface area (Å²) in [6.07, 6.45) is 1.14. The Balaban J connectivity index is 2.98. The molecule has 0 aliphatic carbocycles. The van der Waals surface area contributed by atoms with Crippen molar-refractivity contribution < 1.29 is 9.18 Å². The van der Waals surface area contributed by atoms with Crippen molar-refractivity contribution in [2.45, 2.75) is 6.42 Å². The van der Waals surface area contributed by atoms with E-state index in [1.54, 1.807) is 0 Å². The Labute approximate surface area is 86.9 Å². The average molecular weight is 211 g/mol. The summed E-state index contributed by atoms with van der Waals surface area (Å²) in [6.45, 7) is 0. The van der Waals surface area contributed by atoms with Crippen molar-refractivity contribution >= 4 is 17.9 Å². The second kappa shape index (κ2) is 5.41. The van der Waals surface area contributed by atoms with E-state index in [4.69, 9.17) is 11.6 Å². The normalized spacial score (nSPS) is 9.00. The Kier molecular flexibility index (Phi) is 4.15. The molecule has 14 heavy (non-hydrogen) atoms. The maximum atomic E-state index is 12.7. The summed E-state index contributed by atoms with van der Waals surface area (Å²) in [7, 11) is 0. The molecule has 0 aliphatic rings. The number of halogens is 2. The van der Waals surface area contributed by atoms with Gasteiger partial charge in [-0.1, -0.05) is 11.8 Å². The van der Waals surface area contributed by atoms with E-state index in [9.17, 15) is 9.18 Å². The number of hydrogen-bond donors (Lipinski definition) is 0. The lowest BCUT2D eigenvalue weighted by atomic mass is 10.1. The zero-order valence-corrected chi connectivity index (χ0v) is 8.14. The van der Waals surface area contributed by atoms with Crippen molar-refractivity contribution in [3.63, 3.8) is 0 Å². The van der Waals surface area contributed by atoms with E-state index in [1.165, 1.54) is 12.1 Å². The molecule has 0 bridgehead atoms. The third-order valence-electron chi connectivity index (χ3n) is 1.58. The number of rotatable bonds is 2. The van der Waals surface area contributed by atoms with Crippen LogP contribution in [-0.2, 0) is 0 Å². The fourth-order valence-corrected chi connectivity index (χ4v) is 1.04. The lowest BCUT2D eigenvalue weighted by Gasteiger charge is -1.95. The molecule has 1 rings (SSSR count). The molecule has 0 saturated heterocycles. The lowest BCUT2D eigenvalue weighted by Crippen LogP contribution is -1.88. The van der Waals surface area contributed by atoms with E-state index in [1.807, 2.05) is 0 Å². The van der Waals surface area contributed by atoms with Gasteiger partial charge in [-0.2, -0.15) is 0 Å². The number of aldehydes is 1. The number of carbonyl (C=O) groups is 1. The van der Waals surface area contributed by atoms with Crippen LogP contribution in [-0.4, -0.2) is 12.2 Å². The number of carbonyl (C=O) groups excluding carboxylic acids is 1. The first-order valence-corrected chi connectivity index (χ1v) is 4.61. The Morgan fingerprint density at radius 1 is 1.50 bits per heavy atom. The first-order valence-electron chi connectivity index (χ1n) is 4.07. The fraction of sp³-hybridized carbons (Fsp3) is 0.182. The van der Waals surface area contributed by atoms with Gasteiger partial charge in [-0.15, -0.1) is 11.6 Å². The molecule has 1 nitrogen and oxygen atoms in total. The van der Waals surface area contributed by atoms with Gasteiger partial charge < -0.3 is 0 Å². The molecule has 0 saturated carbocycles. The van der Waals surface area contributed by atoms with Crippen LogP contribution in [0.2, 0.25) is 0 Å². The molecule has 0 N–H and O–H groups in total. The predicted molar refractivity (Wildman–Crippen MR) is 54.0 cm³/mol. The van der Waals surface area contributed by atoms with Crippen molar-refractivity contribution in [3.8, 4) is 11.8 Å². The van der Waals surface area contributed by atoms with Crippen LogP contribution in [0.1, 0.15) is 22.3 Å². The summed E-state index contributed by atoms with van der Waals surface area (Å²) in [5, 5.41) is 0. The van der Waals surface area contributed by atoms with Crippen molar-refractivity contribution in [3.05, 3.63) is 35.1 Å². The van der Waals surface area contributed by atoms with Gasteiger partial charge in [0.2, 0.25) is 0 Å². The molecule has 72 valence electrons. The van der Waals surface area contributed by atoms with Gasteiger partial charge in [0.25, 0.3) is 0 Å². The van der Waals surface area contributed by atoms with Crippen LogP contribution in [0.25, 0.3) is 0 Å². The zero-order valence-electron chi connectivity index (χ0n) is 7.39. The van der Waals surface area contributed by atoms with Gasteiger partial charge in [-0.3, -0.25) is 4.79 Å². The minimum atomic E-state index is -0.435. The van der Waals surface area contributed by atoms with Crippen LogP contribution in [0.5, 0.6) is 0 Å². The molecule has 0 atom stereocenters. The fourth-order valence-electron chi connectivity index (χ4n) is 0.950. The molecule has 0 amide bonds. The van der Waals surface area contributed by atoms with E-state index < -0.39 is 5.82 Å². The van der Waals surface area contributed by atoms with Gasteiger partial charge in [-0.05, 0) is 18.2 Å². The van der Waals surface area contributed by atoms with E-state index in [0.717, 1.165) is 6.07 Å². The van der Waals surface area contributed by atoms with Crippen molar-refractivity contribution in [2.24, 2.45) is 0 Å². The predicted octanol–water partition coefficient (Wildman–Crippen LogP) is 2.62. The van der Waals surface area contributed by atoms with Gasteiger partial charge in [0, 0.05) is 23.4 Å². The van der Waals surface area contributed by atoms with E-state index >= 15 is 0 Å². The molecule has 0 fully saturated rings. The van der Waals surface area contributed by atoms with Crippen molar-refractivity contribution in [1.29, 1.82) is 0 Å². The smallest absolute Gasteiger partial charge is 0.151 e. The van der Waals surface area contributed by atoms with Gasteiger partial charge in [-0.25, -0.2) is 4.39 Å². The highest BCUT2D eigenvalue weighted by Crippen LogP contribution is 2.07. The van der Waals surface area contributed by atoms with Crippen molar-refractivity contribution in [2.75, 3.05) is 5.88 Å². The maximum Gasteiger partial charge on any atom is 0.151 e. The van der Waals surface area contributed by atoms with Gasteiger partial charge in [0.1, 0.15) is 5.82 Å². The molecule has 0 spiro atoms. The minimum absolute atomic E-state index is 0.270. The SMILES string of the molecule is O=Cc1cc(F)ccc1C#CCCCl. The quantitative estimate of drug-likeness (QED) is 0.417. The van der Waals surface area contributed by atoms with E-state index in [-0.39, 0.29) is 5.56 Å². The summed E-state index contributed by atoms with van der Waals surface area (Å²) in [6, 6.07) is 3.93. The molecule has 3 heteroatoms. The number of benzene rings is 1. The maximum absolute atomic E-state index is 12.7. The first kappa shape index (κ1) is 10.7.